The number of benzene rings is 2. The first-order valence-corrected chi connectivity index (χ1v) is 12.9. The molecule has 10 nitrogen and oxygen atoms in total. The summed E-state index contributed by atoms with van der Waals surface area (Å²) in [5, 5.41) is 23.7. The molecule has 10 heteroatoms. The van der Waals surface area contributed by atoms with E-state index in [1.807, 2.05) is 51.1 Å². The van der Waals surface area contributed by atoms with Crippen LogP contribution in [0.15, 0.2) is 59.6 Å². The van der Waals surface area contributed by atoms with Gasteiger partial charge < -0.3 is 25.6 Å². The highest BCUT2D eigenvalue weighted by Crippen LogP contribution is 2.29. The molecule has 0 saturated heterocycles. The highest BCUT2D eigenvalue weighted by Gasteiger charge is 2.30. The number of amides is 2. The Hall–Kier alpha value is -4.17. The van der Waals surface area contributed by atoms with Crippen molar-refractivity contribution < 1.29 is 34.1 Å². The van der Waals surface area contributed by atoms with Gasteiger partial charge in [0.25, 0.3) is 0 Å². The molecule has 39 heavy (non-hydrogen) atoms. The van der Waals surface area contributed by atoms with Crippen LogP contribution in [0.25, 0.3) is 0 Å². The lowest BCUT2D eigenvalue weighted by Gasteiger charge is -2.29. The quantitative estimate of drug-likeness (QED) is 0.285. The number of ether oxygens (including phenoxy) is 1. The van der Waals surface area contributed by atoms with Crippen molar-refractivity contribution in [3.8, 4) is 5.75 Å². The molecule has 0 aromatic heterocycles. The van der Waals surface area contributed by atoms with Crippen LogP contribution in [0.3, 0.4) is 0 Å². The summed E-state index contributed by atoms with van der Waals surface area (Å²) in [4.78, 5) is 48.9. The van der Waals surface area contributed by atoms with Gasteiger partial charge in [-0.15, -0.1) is 0 Å². The van der Waals surface area contributed by atoms with E-state index in [0.717, 1.165) is 18.4 Å². The van der Waals surface area contributed by atoms with E-state index in [9.17, 15) is 24.3 Å². The van der Waals surface area contributed by atoms with Gasteiger partial charge in [-0.3, -0.25) is 4.79 Å². The zero-order chi connectivity index (χ0) is 28.8. The van der Waals surface area contributed by atoms with Gasteiger partial charge in [0.05, 0.1) is 5.69 Å². The van der Waals surface area contributed by atoms with Crippen molar-refractivity contribution in [2.45, 2.75) is 64.5 Å². The molecule has 4 N–H and O–H groups in total. The molecule has 1 saturated carbocycles. The zero-order valence-electron chi connectivity index (χ0n) is 22.6. The Morgan fingerprint density at radius 3 is 2.18 bits per heavy atom. The van der Waals surface area contributed by atoms with Crippen LogP contribution in [-0.2, 0) is 25.5 Å². The highest BCUT2D eigenvalue weighted by atomic mass is 16.6. The van der Waals surface area contributed by atoms with E-state index < -0.39 is 23.7 Å². The van der Waals surface area contributed by atoms with Crippen LogP contribution in [0.1, 0.15) is 52.0 Å². The fourth-order valence-electron chi connectivity index (χ4n) is 4.09. The molecule has 1 aliphatic carbocycles. The number of alkyl carbamates (subject to hydrolysis) is 1. The summed E-state index contributed by atoms with van der Waals surface area (Å²) in [5.74, 6) is -0.967. The molecule has 1 fully saturated rings. The Morgan fingerprint density at radius 1 is 1.03 bits per heavy atom. The van der Waals surface area contributed by atoms with E-state index in [0.29, 0.717) is 31.0 Å². The van der Waals surface area contributed by atoms with Gasteiger partial charge >= 0.3 is 12.1 Å². The predicted molar refractivity (Wildman–Crippen MR) is 145 cm³/mol. The second kappa shape index (κ2) is 15.3. The number of aliphatic carboxylic acids is 1. The number of aliphatic imine (C=N–C) groups is 1. The van der Waals surface area contributed by atoms with Gasteiger partial charge in [-0.05, 0) is 82.2 Å². The van der Waals surface area contributed by atoms with E-state index >= 15 is 0 Å². The largest absolute Gasteiger partial charge is 0.508 e. The number of nitrogens with zero attached hydrogens (tertiary/aromatic N) is 1. The van der Waals surface area contributed by atoms with Crippen molar-refractivity contribution in [1.82, 2.24) is 10.6 Å². The number of carboxylic acid groups (broad SMARTS) is 1. The standard InChI is InChI=1S/C22H32N2O5.C7H5NO2/c1-22(2,3)29-21(28)23-14-16-9-11-17(12-10-16)19(25)24-18(20(26)27)13-15-7-5-4-6-8-15;9-5-8-6-1-3-7(10)4-2-6/h4-8,16-18H,9-14H2,1-3H3,(H,23,28)(H,24,25)(H,26,27);1-4,10H/t16?,17?,18-;/m0./s1. The van der Waals surface area contributed by atoms with Gasteiger partial charge in [-0.2, -0.15) is 4.99 Å². The number of hydrogen-bond acceptors (Lipinski definition) is 7. The smallest absolute Gasteiger partial charge is 0.407 e. The average Bonchev–Trinajstić information content (AvgIpc) is 2.89. The van der Waals surface area contributed by atoms with Crippen LogP contribution in [0.4, 0.5) is 10.5 Å². The maximum atomic E-state index is 12.6. The molecule has 0 radical (unpaired) electrons. The fourth-order valence-corrected chi connectivity index (χ4v) is 4.09. The van der Waals surface area contributed by atoms with E-state index in [-0.39, 0.29) is 24.0 Å². The number of phenols is 1. The molecular formula is C29H37N3O7. The first kappa shape index (κ1) is 31.1. The molecule has 0 heterocycles. The van der Waals surface area contributed by atoms with Gasteiger partial charge in [0, 0.05) is 18.9 Å². The lowest BCUT2D eigenvalue weighted by atomic mass is 9.81. The van der Waals surface area contributed by atoms with Crippen molar-refractivity contribution in [2.75, 3.05) is 6.54 Å². The normalized spacial score (nSPS) is 17.3. The Bertz CT molecular complexity index is 1120. The minimum Gasteiger partial charge on any atom is -0.508 e. The summed E-state index contributed by atoms with van der Waals surface area (Å²) in [7, 11) is 0. The Balaban J connectivity index is 0.000000446. The van der Waals surface area contributed by atoms with E-state index in [1.54, 1.807) is 0 Å². The molecule has 1 aliphatic rings. The Morgan fingerprint density at radius 2 is 1.64 bits per heavy atom. The minimum absolute atomic E-state index is 0.157. The van der Waals surface area contributed by atoms with E-state index in [2.05, 4.69) is 15.6 Å². The van der Waals surface area contributed by atoms with Crippen LogP contribution in [0.5, 0.6) is 5.75 Å². The first-order chi connectivity index (χ1) is 18.5. The maximum Gasteiger partial charge on any atom is 0.407 e. The van der Waals surface area contributed by atoms with E-state index in [4.69, 9.17) is 9.84 Å². The second-order valence-corrected chi connectivity index (χ2v) is 10.4. The minimum atomic E-state index is -1.03. The third-order valence-electron chi connectivity index (χ3n) is 6.07. The van der Waals surface area contributed by atoms with Crippen LogP contribution >= 0.6 is 0 Å². The third-order valence-corrected chi connectivity index (χ3v) is 6.07. The molecule has 1 atom stereocenters. The van der Waals surface area contributed by atoms with Gasteiger partial charge in [0.2, 0.25) is 12.0 Å². The van der Waals surface area contributed by atoms with E-state index in [1.165, 1.54) is 30.3 Å². The van der Waals surface area contributed by atoms with Crippen molar-refractivity contribution in [3.05, 3.63) is 60.2 Å². The summed E-state index contributed by atoms with van der Waals surface area (Å²) in [6, 6.07) is 14.3. The molecule has 2 amide bonds. The van der Waals surface area contributed by atoms with Crippen molar-refractivity contribution in [2.24, 2.45) is 16.8 Å². The SMILES string of the molecule is CC(C)(C)OC(=O)NCC1CCC(C(=O)N[C@@H](Cc2ccccc2)C(=O)O)CC1.O=C=Nc1ccc(O)cc1. The number of hydrogen-bond donors (Lipinski definition) is 4. The van der Waals surface area contributed by atoms with Crippen LogP contribution in [-0.4, -0.2) is 52.5 Å². The number of carbonyl (C=O) groups is 3. The molecule has 2 aromatic rings. The van der Waals surface area contributed by atoms with Gasteiger partial charge in [-0.25, -0.2) is 14.4 Å². The number of carboxylic acids is 1. The predicted octanol–water partition coefficient (Wildman–Crippen LogP) is 4.49. The summed E-state index contributed by atoms with van der Waals surface area (Å²) in [6.07, 6.45) is 4.22. The molecule has 2 aromatic carbocycles. The highest BCUT2D eigenvalue weighted by molar-refractivity contribution is 5.85. The molecule has 0 bridgehead atoms. The molecule has 3 rings (SSSR count). The van der Waals surface area contributed by atoms with Crippen LogP contribution in [0.2, 0.25) is 0 Å². The molecule has 0 spiro atoms. The number of nitrogens with one attached hydrogen (secondary N) is 2. The first-order valence-electron chi connectivity index (χ1n) is 12.9. The lowest BCUT2D eigenvalue weighted by molar-refractivity contribution is -0.142. The summed E-state index contributed by atoms with van der Waals surface area (Å²) < 4.78 is 5.23. The average molecular weight is 540 g/mol. The zero-order valence-corrected chi connectivity index (χ0v) is 22.6. The lowest BCUT2D eigenvalue weighted by Crippen LogP contribution is -2.46. The molecule has 210 valence electrons. The number of carbonyl (C=O) groups excluding carboxylic acids is 3. The van der Waals surface area contributed by atoms with Gasteiger partial charge in [-0.1, -0.05) is 30.3 Å². The third kappa shape index (κ3) is 12.3. The monoisotopic (exact) mass is 539 g/mol. The van der Waals surface area contributed by atoms with Crippen LogP contribution < -0.4 is 10.6 Å². The second-order valence-electron chi connectivity index (χ2n) is 10.4. The van der Waals surface area contributed by atoms with Gasteiger partial charge in [0.15, 0.2) is 0 Å². The number of phenolic OH excluding ortho intramolecular Hbond substituents is 1. The Kier molecular flexibility index (Phi) is 12.2. The molecular weight excluding hydrogens is 502 g/mol. The molecule has 0 aliphatic heterocycles. The number of aromatic hydroxyl groups is 1. The van der Waals surface area contributed by atoms with Crippen LogP contribution in [0, 0.1) is 11.8 Å². The van der Waals surface area contributed by atoms with Crippen molar-refractivity contribution >= 4 is 29.7 Å². The summed E-state index contributed by atoms with van der Waals surface area (Å²) in [6.45, 7) is 5.98. The van der Waals surface area contributed by atoms with Gasteiger partial charge in [0.1, 0.15) is 17.4 Å². The summed E-state index contributed by atoms with van der Waals surface area (Å²) >= 11 is 0. The summed E-state index contributed by atoms with van der Waals surface area (Å²) in [5.41, 5.74) is 0.838. The van der Waals surface area contributed by atoms with Crippen molar-refractivity contribution in [3.63, 3.8) is 0 Å². The number of isocyanates is 1. The molecule has 0 unspecified atom stereocenters. The Labute approximate surface area is 228 Å². The van der Waals surface area contributed by atoms with Crippen molar-refractivity contribution in [1.29, 1.82) is 0 Å². The topological polar surface area (TPSA) is 154 Å². The fraction of sp³-hybridized carbons (Fsp3) is 0.448. The maximum absolute atomic E-state index is 12.6. The number of rotatable bonds is 8.